The van der Waals surface area contributed by atoms with E-state index in [-0.39, 0.29) is 12.5 Å². The van der Waals surface area contributed by atoms with E-state index >= 15 is 0 Å². The highest BCUT2D eigenvalue weighted by Crippen LogP contribution is 2.32. The van der Waals surface area contributed by atoms with E-state index in [0.717, 1.165) is 5.56 Å². The number of pyridine rings is 1. The van der Waals surface area contributed by atoms with Crippen molar-refractivity contribution in [1.29, 1.82) is 5.41 Å². The number of aromatic nitrogens is 1. The maximum atomic E-state index is 12.1. The Morgan fingerprint density at radius 2 is 1.96 bits per heavy atom. The van der Waals surface area contributed by atoms with Gasteiger partial charge in [0.2, 0.25) is 0 Å². The first kappa shape index (κ1) is 21.8. The summed E-state index contributed by atoms with van der Waals surface area (Å²) < 4.78 is 6.71. The minimum atomic E-state index is -0.606. The zero-order valence-corrected chi connectivity index (χ0v) is 17.6. The van der Waals surface area contributed by atoms with Crippen LogP contribution in [0, 0.1) is 5.41 Å². The van der Waals surface area contributed by atoms with Crippen molar-refractivity contribution in [1.82, 2.24) is 9.88 Å². The van der Waals surface area contributed by atoms with E-state index in [1.807, 2.05) is 0 Å². The van der Waals surface area contributed by atoms with Crippen molar-refractivity contribution in [2.24, 2.45) is 10.7 Å². The van der Waals surface area contributed by atoms with Gasteiger partial charge in [-0.2, -0.15) is 0 Å². The van der Waals surface area contributed by atoms with E-state index in [9.17, 15) is 4.79 Å². The monoisotopic (exact) mass is 423 g/mol. The largest absolute Gasteiger partial charge is 0.444 e. The first-order valence-corrected chi connectivity index (χ1v) is 9.22. The fourth-order valence-electron chi connectivity index (χ4n) is 2.52. The van der Waals surface area contributed by atoms with E-state index in [4.69, 9.17) is 39.1 Å². The van der Waals surface area contributed by atoms with Gasteiger partial charge in [0.15, 0.2) is 5.96 Å². The zero-order valence-electron chi connectivity index (χ0n) is 16.1. The number of carbonyl (C=O) groups excluding carboxylic acids is 1. The summed E-state index contributed by atoms with van der Waals surface area (Å²) in [4.78, 5) is 16.2. The average Bonchev–Trinajstić information content (AvgIpc) is 2.58. The average molecular weight is 424 g/mol. The molecule has 1 amide bonds. The van der Waals surface area contributed by atoms with Gasteiger partial charge in [-0.3, -0.25) is 15.0 Å². The van der Waals surface area contributed by atoms with Crippen molar-refractivity contribution in [3.63, 3.8) is 0 Å². The molecule has 0 fully saturated rings. The molecule has 1 heterocycles. The number of nitrogens with two attached hydrogens (primary N) is 1. The maximum absolute atomic E-state index is 12.1. The number of hydrogen-bond acceptors (Lipinski definition) is 4. The molecule has 150 valence electrons. The standard InChI is InChI=1S/C19H23Cl2N5O2/c1-19(2,3)28-18(27)25-9-11-7-16(24-4)26(17(22)23)10-14(11)13-6-5-12(20)8-15(13)21/h5-8,10H,9H2,1-4H3,(H3,22,23)(H,25,27)/b24-16-. The zero-order chi connectivity index (χ0) is 21.1. The van der Waals surface area contributed by atoms with Gasteiger partial charge in [-0.15, -0.1) is 0 Å². The molecule has 28 heavy (non-hydrogen) atoms. The van der Waals surface area contributed by atoms with Gasteiger partial charge in [0.1, 0.15) is 11.1 Å². The molecule has 2 rings (SSSR count). The van der Waals surface area contributed by atoms with Gasteiger partial charge in [-0.05, 0) is 44.5 Å². The molecular weight excluding hydrogens is 401 g/mol. The molecule has 0 aliphatic carbocycles. The number of amides is 1. The third-order valence-corrected chi connectivity index (χ3v) is 4.23. The summed E-state index contributed by atoms with van der Waals surface area (Å²) in [5, 5.41) is 11.5. The van der Waals surface area contributed by atoms with Crippen LogP contribution < -0.4 is 16.5 Å². The van der Waals surface area contributed by atoms with Gasteiger partial charge in [-0.1, -0.05) is 29.3 Å². The molecule has 2 aromatic rings. The smallest absolute Gasteiger partial charge is 0.407 e. The predicted octanol–water partition coefficient (Wildman–Crippen LogP) is 3.76. The van der Waals surface area contributed by atoms with Crippen LogP contribution in [0.4, 0.5) is 4.79 Å². The Labute approximate surface area is 173 Å². The highest BCUT2D eigenvalue weighted by molar-refractivity contribution is 6.36. The Kier molecular flexibility index (Phi) is 6.74. The number of nitrogen functional groups attached to an aromatic ring is 1. The molecule has 0 unspecified atom stereocenters. The van der Waals surface area contributed by atoms with Crippen molar-refractivity contribution < 1.29 is 9.53 Å². The number of benzene rings is 1. The Hall–Kier alpha value is -2.51. The Balaban J connectivity index is 2.53. The normalized spacial score (nSPS) is 12.0. The highest BCUT2D eigenvalue weighted by atomic mass is 35.5. The fourth-order valence-corrected chi connectivity index (χ4v) is 3.04. The lowest BCUT2D eigenvalue weighted by atomic mass is 10.0. The van der Waals surface area contributed by atoms with Crippen LogP contribution in [0.1, 0.15) is 26.3 Å². The number of nitrogens with one attached hydrogen (secondary N) is 2. The van der Waals surface area contributed by atoms with Crippen molar-refractivity contribution >= 4 is 35.3 Å². The summed E-state index contributed by atoms with van der Waals surface area (Å²) in [6.45, 7) is 5.54. The molecule has 9 heteroatoms. The summed E-state index contributed by atoms with van der Waals surface area (Å²) in [6, 6.07) is 6.84. The molecule has 1 aromatic heterocycles. The SMILES string of the molecule is C/N=c1/cc(CNC(=O)OC(C)(C)C)c(-c2ccc(Cl)cc2Cl)cn1C(=N)N. The van der Waals surface area contributed by atoms with E-state index < -0.39 is 11.7 Å². The summed E-state index contributed by atoms with van der Waals surface area (Å²) >= 11 is 12.4. The van der Waals surface area contributed by atoms with Crippen LogP contribution in [-0.2, 0) is 11.3 Å². The van der Waals surface area contributed by atoms with Gasteiger partial charge in [0.05, 0.1) is 0 Å². The summed E-state index contributed by atoms with van der Waals surface area (Å²) in [5.74, 6) is -0.196. The van der Waals surface area contributed by atoms with Crippen LogP contribution in [0.3, 0.4) is 0 Å². The quantitative estimate of drug-likeness (QED) is 0.516. The van der Waals surface area contributed by atoms with E-state index in [2.05, 4.69) is 10.3 Å². The van der Waals surface area contributed by atoms with E-state index in [1.165, 1.54) is 4.57 Å². The van der Waals surface area contributed by atoms with Gasteiger partial charge < -0.3 is 15.8 Å². The van der Waals surface area contributed by atoms with E-state index in [0.29, 0.717) is 26.7 Å². The summed E-state index contributed by atoms with van der Waals surface area (Å²) in [6.07, 6.45) is 1.12. The van der Waals surface area contributed by atoms with Gasteiger partial charge >= 0.3 is 6.09 Å². The molecule has 4 N–H and O–H groups in total. The lowest BCUT2D eigenvalue weighted by Crippen LogP contribution is -2.35. The van der Waals surface area contributed by atoms with E-state index in [1.54, 1.807) is 58.3 Å². The molecule has 0 radical (unpaired) electrons. The summed E-state index contributed by atoms with van der Waals surface area (Å²) in [5.41, 5.74) is 7.63. The highest BCUT2D eigenvalue weighted by Gasteiger charge is 2.18. The van der Waals surface area contributed by atoms with Crippen molar-refractivity contribution in [3.8, 4) is 11.1 Å². The molecule has 0 spiro atoms. The van der Waals surface area contributed by atoms with Crippen LogP contribution in [0.5, 0.6) is 0 Å². The molecule has 0 aliphatic heterocycles. The Morgan fingerprint density at radius 1 is 1.29 bits per heavy atom. The Bertz CT molecular complexity index is 977. The van der Waals surface area contributed by atoms with Crippen LogP contribution in [-0.4, -0.2) is 29.3 Å². The molecule has 0 bridgehead atoms. The number of nitrogens with zero attached hydrogens (tertiary/aromatic N) is 2. The van der Waals surface area contributed by atoms with Crippen molar-refractivity contribution in [2.45, 2.75) is 32.9 Å². The second-order valence-electron chi connectivity index (χ2n) is 7.03. The number of ether oxygens (including phenoxy) is 1. The minimum Gasteiger partial charge on any atom is -0.444 e. The lowest BCUT2D eigenvalue weighted by molar-refractivity contribution is 0.0523. The molecule has 0 aliphatic rings. The predicted molar refractivity (Wildman–Crippen MR) is 112 cm³/mol. The topological polar surface area (TPSA) is 105 Å². The van der Waals surface area contributed by atoms with Crippen LogP contribution in [0.15, 0.2) is 35.5 Å². The minimum absolute atomic E-state index is 0.171. The van der Waals surface area contributed by atoms with Crippen LogP contribution in [0.25, 0.3) is 11.1 Å². The molecular formula is C19H23Cl2N5O2. The number of alkyl carbamates (subject to hydrolysis) is 1. The fraction of sp³-hybridized carbons (Fsp3) is 0.316. The molecule has 1 aromatic carbocycles. The Morgan fingerprint density at radius 3 is 2.50 bits per heavy atom. The first-order valence-electron chi connectivity index (χ1n) is 8.47. The second kappa shape index (κ2) is 8.67. The molecule has 7 nitrogen and oxygen atoms in total. The van der Waals surface area contributed by atoms with Crippen LogP contribution in [0.2, 0.25) is 10.0 Å². The molecule has 0 atom stereocenters. The third kappa shape index (κ3) is 5.50. The third-order valence-electron chi connectivity index (χ3n) is 3.69. The van der Waals surface area contributed by atoms with Gasteiger partial charge in [-0.25, -0.2) is 4.79 Å². The molecule has 0 saturated heterocycles. The lowest BCUT2D eigenvalue weighted by Gasteiger charge is -2.20. The second-order valence-corrected chi connectivity index (χ2v) is 7.87. The maximum Gasteiger partial charge on any atom is 0.407 e. The first-order chi connectivity index (χ1) is 13.0. The number of carbonyl (C=O) groups is 1. The molecule has 0 saturated carbocycles. The summed E-state index contributed by atoms with van der Waals surface area (Å²) in [7, 11) is 1.59. The number of halogens is 2. The van der Waals surface area contributed by atoms with Crippen molar-refractivity contribution in [2.75, 3.05) is 7.05 Å². The number of hydrogen-bond donors (Lipinski definition) is 3. The van der Waals surface area contributed by atoms with Crippen molar-refractivity contribution in [3.05, 3.63) is 51.6 Å². The number of rotatable bonds is 3. The van der Waals surface area contributed by atoms with Gasteiger partial charge in [0, 0.05) is 41.0 Å². The van der Waals surface area contributed by atoms with Gasteiger partial charge in [0.25, 0.3) is 0 Å². The van der Waals surface area contributed by atoms with Crippen LogP contribution >= 0.6 is 23.2 Å².